The van der Waals surface area contributed by atoms with Crippen LogP contribution in [0.25, 0.3) is 0 Å². The van der Waals surface area contributed by atoms with Gasteiger partial charge in [-0.1, -0.05) is 0 Å². The summed E-state index contributed by atoms with van der Waals surface area (Å²) in [5, 5.41) is 5.34. The Morgan fingerprint density at radius 2 is 2.07 bits per heavy atom. The molecule has 3 amide bonds. The average molecular weight is 377 g/mol. The molecule has 1 fully saturated rings. The van der Waals surface area contributed by atoms with Crippen molar-refractivity contribution in [3.8, 4) is 11.5 Å². The third-order valence-electron chi connectivity index (χ3n) is 4.34. The highest BCUT2D eigenvalue weighted by molar-refractivity contribution is 5.96. The summed E-state index contributed by atoms with van der Waals surface area (Å²) in [6.45, 7) is 3.33. The van der Waals surface area contributed by atoms with Gasteiger partial charge in [-0.3, -0.25) is 9.59 Å². The van der Waals surface area contributed by atoms with Gasteiger partial charge in [0.1, 0.15) is 0 Å². The van der Waals surface area contributed by atoms with E-state index in [-0.39, 0.29) is 43.6 Å². The predicted octanol–water partition coefficient (Wildman–Crippen LogP) is 1.02. The zero-order chi connectivity index (χ0) is 19.2. The maximum atomic E-state index is 12.3. The summed E-state index contributed by atoms with van der Waals surface area (Å²) in [5.41, 5.74) is 0.755. The van der Waals surface area contributed by atoms with E-state index in [4.69, 9.17) is 14.2 Å². The summed E-state index contributed by atoms with van der Waals surface area (Å²) in [4.78, 5) is 37.0. The fourth-order valence-corrected chi connectivity index (χ4v) is 3.03. The van der Waals surface area contributed by atoms with Crippen LogP contribution in [0.1, 0.15) is 19.8 Å². The minimum atomic E-state index is -0.367. The average Bonchev–Trinajstić information content (AvgIpc) is 3.25. The van der Waals surface area contributed by atoms with Crippen LogP contribution in [0.3, 0.4) is 0 Å². The molecule has 2 N–H and O–H groups in total. The first-order chi connectivity index (χ1) is 13.1. The quantitative estimate of drug-likeness (QED) is 0.687. The zero-order valence-electron chi connectivity index (χ0n) is 15.2. The SMILES string of the molecule is CCOC(=O)CCNC(=O)NCC1CC(=O)N(c2ccc3c(c2)OCO3)C1. The summed E-state index contributed by atoms with van der Waals surface area (Å²) in [5.74, 6) is 0.964. The first kappa shape index (κ1) is 18.8. The smallest absolute Gasteiger partial charge is 0.314 e. The number of urea groups is 1. The van der Waals surface area contributed by atoms with E-state index in [2.05, 4.69) is 10.6 Å². The van der Waals surface area contributed by atoms with Crippen molar-refractivity contribution < 1.29 is 28.6 Å². The highest BCUT2D eigenvalue weighted by atomic mass is 16.7. The molecule has 2 heterocycles. The summed E-state index contributed by atoms with van der Waals surface area (Å²) in [6, 6.07) is 5.03. The molecule has 0 spiro atoms. The molecular formula is C18H23N3O6. The molecule has 0 aliphatic carbocycles. The molecular weight excluding hydrogens is 354 g/mol. The van der Waals surface area contributed by atoms with E-state index in [1.165, 1.54) is 0 Å². The number of benzene rings is 1. The molecule has 1 saturated heterocycles. The Kier molecular flexibility index (Phi) is 6.00. The summed E-state index contributed by atoms with van der Waals surface area (Å²) >= 11 is 0. The lowest BCUT2D eigenvalue weighted by Gasteiger charge is -2.17. The third kappa shape index (κ3) is 4.81. The molecule has 0 aromatic heterocycles. The minimum absolute atomic E-state index is 0.00313. The third-order valence-corrected chi connectivity index (χ3v) is 4.34. The molecule has 0 bridgehead atoms. The Hall–Kier alpha value is -2.97. The van der Waals surface area contributed by atoms with E-state index in [0.29, 0.717) is 37.6 Å². The zero-order valence-corrected chi connectivity index (χ0v) is 15.2. The number of esters is 1. The second-order valence-electron chi connectivity index (χ2n) is 6.30. The van der Waals surface area contributed by atoms with Crippen LogP contribution in [-0.2, 0) is 14.3 Å². The molecule has 2 aliphatic heterocycles. The molecule has 1 aromatic rings. The van der Waals surface area contributed by atoms with Gasteiger partial charge in [-0.2, -0.15) is 0 Å². The molecule has 3 rings (SSSR count). The minimum Gasteiger partial charge on any atom is -0.466 e. The number of nitrogens with one attached hydrogen (secondary N) is 2. The monoisotopic (exact) mass is 377 g/mol. The lowest BCUT2D eigenvalue weighted by molar-refractivity contribution is -0.142. The van der Waals surface area contributed by atoms with Gasteiger partial charge >= 0.3 is 12.0 Å². The number of nitrogens with zero attached hydrogens (tertiary/aromatic N) is 1. The fourth-order valence-electron chi connectivity index (χ4n) is 3.03. The topological polar surface area (TPSA) is 106 Å². The second-order valence-corrected chi connectivity index (χ2v) is 6.30. The highest BCUT2D eigenvalue weighted by Crippen LogP contribution is 2.37. The van der Waals surface area contributed by atoms with E-state index in [0.717, 1.165) is 5.69 Å². The standard InChI is InChI=1S/C18H23N3O6/c1-2-25-17(23)5-6-19-18(24)20-9-12-7-16(22)21(10-12)13-3-4-14-15(8-13)27-11-26-14/h3-4,8,12H,2,5-7,9-11H2,1H3,(H2,19,20,24). The molecule has 27 heavy (non-hydrogen) atoms. The van der Waals surface area contributed by atoms with E-state index in [1.54, 1.807) is 24.0 Å². The molecule has 2 aliphatic rings. The Balaban J connectivity index is 1.43. The molecule has 1 aromatic carbocycles. The van der Waals surface area contributed by atoms with Gasteiger partial charge in [-0.05, 0) is 19.1 Å². The predicted molar refractivity (Wildman–Crippen MR) is 95.7 cm³/mol. The second kappa shape index (κ2) is 8.61. The van der Waals surface area contributed by atoms with Gasteiger partial charge in [0.15, 0.2) is 11.5 Å². The van der Waals surface area contributed by atoms with Gasteiger partial charge in [0.2, 0.25) is 12.7 Å². The molecule has 9 heteroatoms. The number of carbonyl (C=O) groups is 3. The van der Waals surface area contributed by atoms with Gasteiger partial charge in [-0.25, -0.2) is 4.79 Å². The van der Waals surface area contributed by atoms with Crippen LogP contribution < -0.4 is 25.0 Å². The van der Waals surface area contributed by atoms with Crippen molar-refractivity contribution in [3.05, 3.63) is 18.2 Å². The number of amides is 3. The van der Waals surface area contributed by atoms with Crippen LogP contribution in [-0.4, -0.2) is 50.9 Å². The van der Waals surface area contributed by atoms with Gasteiger partial charge in [0.05, 0.1) is 13.0 Å². The summed E-state index contributed by atoms with van der Waals surface area (Å²) < 4.78 is 15.4. The number of hydrogen-bond donors (Lipinski definition) is 2. The van der Waals surface area contributed by atoms with Crippen LogP contribution in [0.4, 0.5) is 10.5 Å². The Morgan fingerprint density at radius 1 is 1.26 bits per heavy atom. The lowest BCUT2D eigenvalue weighted by Crippen LogP contribution is -2.39. The van der Waals surface area contributed by atoms with Crippen molar-refractivity contribution in [2.45, 2.75) is 19.8 Å². The molecule has 146 valence electrons. The van der Waals surface area contributed by atoms with Crippen molar-refractivity contribution in [1.82, 2.24) is 10.6 Å². The van der Waals surface area contributed by atoms with Gasteiger partial charge < -0.3 is 29.7 Å². The van der Waals surface area contributed by atoms with Crippen molar-refractivity contribution in [2.75, 3.05) is 37.9 Å². The lowest BCUT2D eigenvalue weighted by atomic mass is 10.1. The number of anilines is 1. The number of ether oxygens (including phenoxy) is 3. The molecule has 9 nitrogen and oxygen atoms in total. The van der Waals surface area contributed by atoms with E-state index in [1.807, 2.05) is 6.07 Å². The van der Waals surface area contributed by atoms with Crippen LogP contribution in [0.15, 0.2) is 18.2 Å². The van der Waals surface area contributed by atoms with Gasteiger partial charge in [0, 0.05) is 43.7 Å². The molecule has 0 radical (unpaired) electrons. The normalized spacial score (nSPS) is 17.7. The fraction of sp³-hybridized carbons (Fsp3) is 0.500. The van der Waals surface area contributed by atoms with Gasteiger partial charge in [0.25, 0.3) is 0 Å². The molecule has 1 unspecified atom stereocenters. The summed E-state index contributed by atoms with van der Waals surface area (Å²) in [7, 11) is 0. The van der Waals surface area contributed by atoms with E-state index >= 15 is 0 Å². The van der Waals surface area contributed by atoms with Crippen LogP contribution >= 0.6 is 0 Å². The highest BCUT2D eigenvalue weighted by Gasteiger charge is 2.31. The van der Waals surface area contributed by atoms with E-state index in [9.17, 15) is 14.4 Å². The number of hydrogen-bond acceptors (Lipinski definition) is 6. The molecule has 1 atom stereocenters. The molecule has 0 saturated carbocycles. The van der Waals surface area contributed by atoms with Gasteiger partial charge in [-0.15, -0.1) is 0 Å². The largest absolute Gasteiger partial charge is 0.466 e. The van der Waals surface area contributed by atoms with Crippen molar-refractivity contribution in [1.29, 1.82) is 0 Å². The maximum absolute atomic E-state index is 12.3. The van der Waals surface area contributed by atoms with Crippen molar-refractivity contribution in [2.24, 2.45) is 5.92 Å². The first-order valence-electron chi connectivity index (χ1n) is 8.94. The Labute approximate surface area is 156 Å². The van der Waals surface area contributed by atoms with E-state index < -0.39 is 0 Å². The first-order valence-corrected chi connectivity index (χ1v) is 8.94. The summed E-state index contributed by atoms with van der Waals surface area (Å²) in [6.07, 6.45) is 0.485. The number of fused-ring (bicyclic) bond motifs is 1. The van der Waals surface area contributed by atoms with Crippen LogP contribution in [0.5, 0.6) is 11.5 Å². The Morgan fingerprint density at radius 3 is 2.89 bits per heavy atom. The number of carbonyl (C=O) groups excluding carboxylic acids is 3. The van der Waals surface area contributed by atoms with Crippen LogP contribution in [0.2, 0.25) is 0 Å². The Bertz CT molecular complexity index is 723. The number of rotatable bonds is 7. The van der Waals surface area contributed by atoms with Crippen molar-refractivity contribution in [3.63, 3.8) is 0 Å². The van der Waals surface area contributed by atoms with Crippen molar-refractivity contribution >= 4 is 23.6 Å². The van der Waals surface area contributed by atoms with Crippen LogP contribution in [0, 0.1) is 5.92 Å². The maximum Gasteiger partial charge on any atom is 0.314 e.